The summed E-state index contributed by atoms with van der Waals surface area (Å²) in [6.45, 7) is 6.20. The molecule has 156 valence electrons. The van der Waals surface area contributed by atoms with Crippen LogP contribution in [0.3, 0.4) is 0 Å². The highest BCUT2D eigenvalue weighted by Gasteiger charge is 2.24. The number of carbonyl (C=O) groups excluding carboxylic acids is 3. The molecule has 0 spiro atoms. The molecule has 9 heteroatoms. The number of carbonyl (C=O) groups is 3. The van der Waals surface area contributed by atoms with Gasteiger partial charge in [0.15, 0.2) is 17.2 Å². The minimum Gasteiger partial charge on any atom is -0.493 e. The van der Waals surface area contributed by atoms with Crippen molar-refractivity contribution in [2.24, 2.45) is 0 Å². The van der Waals surface area contributed by atoms with Crippen LogP contribution in [-0.2, 0) is 19.1 Å². The molecule has 1 amide bonds. The van der Waals surface area contributed by atoms with Crippen LogP contribution in [-0.4, -0.2) is 48.9 Å². The van der Waals surface area contributed by atoms with Crippen LogP contribution in [0.1, 0.15) is 57.4 Å². The standard InChI is InChI=1S/C19H28N2O7/c1-6-7-8-12(2)28-19(24)13(3)21-18(23)16-17(27-11-26-14(4)22)15(25-5)9-10-20-16/h9-10,12-13H,6-8,11H2,1-5H3,(H,21,23)/t12-,13+/m0/s1. The molecule has 1 aromatic rings. The van der Waals surface area contributed by atoms with Gasteiger partial charge in [-0.3, -0.25) is 9.59 Å². The summed E-state index contributed by atoms with van der Waals surface area (Å²) < 4.78 is 20.5. The molecule has 1 heterocycles. The Hall–Kier alpha value is -2.84. The van der Waals surface area contributed by atoms with Crippen molar-refractivity contribution in [2.45, 2.75) is 59.1 Å². The highest BCUT2D eigenvalue weighted by atomic mass is 16.7. The van der Waals surface area contributed by atoms with Gasteiger partial charge in [0.2, 0.25) is 6.79 Å². The summed E-state index contributed by atoms with van der Waals surface area (Å²) in [5, 5.41) is 2.53. The van der Waals surface area contributed by atoms with E-state index >= 15 is 0 Å². The van der Waals surface area contributed by atoms with Crippen molar-refractivity contribution in [1.82, 2.24) is 10.3 Å². The number of nitrogens with one attached hydrogen (secondary N) is 1. The average Bonchev–Trinajstić information content (AvgIpc) is 2.65. The maximum absolute atomic E-state index is 12.6. The van der Waals surface area contributed by atoms with Gasteiger partial charge in [-0.15, -0.1) is 0 Å². The van der Waals surface area contributed by atoms with E-state index in [2.05, 4.69) is 17.2 Å². The molecule has 0 unspecified atom stereocenters. The van der Waals surface area contributed by atoms with Gasteiger partial charge in [-0.1, -0.05) is 19.8 Å². The van der Waals surface area contributed by atoms with Gasteiger partial charge < -0.3 is 24.3 Å². The third-order valence-corrected chi connectivity index (χ3v) is 3.75. The van der Waals surface area contributed by atoms with Gasteiger partial charge in [0.25, 0.3) is 5.91 Å². The predicted octanol–water partition coefficient (Wildman–Crippen LogP) is 2.23. The van der Waals surface area contributed by atoms with Crippen molar-refractivity contribution in [3.8, 4) is 11.5 Å². The first-order valence-corrected chi connectivity index (χ1v) is 9.10. The van der Waals surface area contributed by atoms with E-state index in [1.54, 1.807) is 0 Å². The zero-order valence-electron chi connectivity index (χ0n) is 16.9. The Balaban J connectivity index is 2.81. The van der Waals surface area contributed by atoms with Crippen LogP contribution in [0.4, 0.5) is 0 Å². The fourth-order valence-corrected chi connectivity index (χ4v) is 2.24. The summed E-state index contributed by atoms with van der Waals surface area (Å²) in [6.07, 6.45) is 3.85. The lowest BCUT2D eigenvalue weighted by Gasteiger charge is -2.18. The van der Waals surface area contributed by atoms with E-state index in [4.69, 9.17) is 18.9 Å². The maximum atomic E-state index is 12.6. The quantitative estimate of drug-likeness (QED) is 0.447. The van der Waals surface area contributed by atoms with Crippen molar-refractivity contribution in [2.75, 3.05) is 13.9 Å². The summed E-state index contributed by atoms with van der Waals surface area (Å²) in [4.78, 5) is 39.6. The number of ether oxygens (including phenoxy) is 4. The number of hydrogen-bond acceptors (Lipinski definition) is 8. The molecular formula is C19H28N2O7. The Morgan fingerprint density at radius 2 is 1.96 bits per heavy atom. The van der Waals surface area contributed by atoms with Crippen molar-refractivity contribution >= 4 is 17.8 Å². The molecule has 1 rings (SSSR count). The fraction of sp³-hybridized carbons (Fsp3) is 0.579. The van der Waals surface area contributed by atoms with Crippen LogP contribution in [0.25, 0.3) is 0 Å². The second kappa shape index (κ2) is 11.8. The number of hydrogen-bond donors (Lipinski definition) is 1. The van der Waals surface area contributed by atoms with Crippen LogP contribution in [0.2, 0.25) is 0 Å². The maximum Gasteiger partial charge on any atom is 0.328 e. The minimum absolute atomic E-state index is 0.000584. The second-order valence-electron chi connectivity index (χ2n) is 6.17. The van der Waals surface area contributed by atoms with Crippen LogP contribution >= 0.6 is 0 Å². The van der Waals surface area contributed by atoms with Gasteiger partial charge in [0.05, 0.1) is 13.2 Å². The van der Waals surface area contributed by atoms with E-state index in [0.717, 1.165) is 19.3 Å². The molecule has 0 aliphatic carbocycles. The van der Waals surface area contributed by atoms with Gasteiger partial charge in [0.1, 0.15) is 6.04 Å². The fourth-order valence-electron chi connectivity index (χ4n) is 2.24. The number of methoxy groups -OCH3 is 1. The Labute approximate surface area is 164 Å². The molecule has 2 atom stereocenters. The zero-order chi connectivity index (χ0) is 21.1. The minimum atomic E-state index is -0.883. The Kier molecular flexibility index (Phi) is 9.76. The number of amides is 1. The molecule has 0 aliphatic rings. The van der Waals surface area contributed by atoms with Gasteiger partial charge in [-0.25, -0.2) is 9.78 Å². The molecule has 0 aromatic carbocycles. The largest absolute Gasteiger partial charge is 0.493 e. The summed E-state index contributed by atoms with van der Waals surface area (Å²) in [5.41, 5.74) is -0.106. The third-order valence-electron chi connectivity index (χ3n) is 3.75. The highest BCUT2D eigenvalue weighted by molar-refractivity contribution is 5.98. The topological polar surface area (TPSA) is 113 Å². The molecule has 0 fully saturated rings. The van der Waals surface area contributed by atoms with E-state index < -0.39 is 30.7 Å². The Morgan fingerprint density at radius 1 is 1.25 bits per heavy atom. The lowest BCUT2D eigenvalue weighted by atomic mass is 10.2. The molecule has 1 aromatic heterocycles. The first-order valence-electron chi connectivity index (χ1n) is 9.10. The van der Waals surface area contributed by atoms with Gasteiger partial charge in [-0.05, 0) is 20.3 Å². The van der Waals surface area contributed by atoms with E-state index in [1.807, 2.05) is 6.92 Å². The molecule has 0 bridgehead atoms. The van der Waals surface area contributed by atoms with Crippen molar-refractivity contribution in [3.63, 3.8) is 0 Å². The summed E-state index contributed by atoms with van der Waals surface area (Å²) >= 11 is 0. The van der Waals surface area contributed by atoms with Crippen molar-refractivity contribution in [1.29, 1.82) is 0 Å². The summed E-state index contributed by atoms with van der Waals surface area (Å²) in [6, 6.07) is 0.610. The van der Waals surface area contributed by atoms with E-state index in [9.17, 15) is 14.4 Å². The smallest absolute Gasteiger partial charge is 0.328 e. The number of aromatic nitrogens is 1. The van der Waals surface area contributed by atoms with Gasteiger partial charge in [-0.2, -0.15) is 0 Å². The van der Waals surface area contributed by atoms with Crippen molar-refractivity contribution < 1.29 is 33.3 Å². The highest BCUT2D eigenvalue weighted by Crippen LogP contribution is 2.29. The van der Waals surface area contributed by atoms with Crippen LogP contribution in [0, 0.1) is 0 Å². The molecule has 1 N–H and O–H groups in total. The molecule has 0 aliphatic heterocycles. The molecular weight excluding hydrogens is 368 g/mol. The lowest BCUT2D eigenvalue weighted by molar-refractivity contribution is -0.150. The first-order chi connectivity index (χ1) is 13.3. The van der Waals surface area contributed by atoms with E-state index in [-0.39, 0.29) is 23.3 Å². The molecule has 0 radical (unpaired) electrons. The Morgan fingerprint density at radius 3 is 2.57 bits per heavy atom. The number of pyridine rings is 1. The lowest BCUT2D eigenvalue weighted by Crippen LogP contribution is -2.41. The molecule has 9 nitrogen and oxygen atoms in total. The summed E-state index contributed by atoms with van der Waals surface area (Å²) in [7, 11) is 1.40. The molecule has 0 saturated heterocycles. The second-order valence-corrected chi connectivity index (χ2v) is 6.17. The van der Waals surface area contributed by atoms with Crippen LogP contribution < -0.4 is 14.8 Å². The number of esters is 2. The molecule has 0 saturated carbocycles. The van der Waals surface area contributed by atoms with Crippen LogP contribution in [0.15, 0.2) is 12.3 Å². The normalized spacial score (nSPS) is 12.5. The van der Waals surface area contributed by atoms with E-state index in [1.165, 1.54) is 33.2 Å². The van der Waals surface area contributed by atoms with Crippen molar-refractivity contribution in [3.05, 3.63) is 18.0 Å². The monoisotopic (exact) mass is 396 g/mol. The van der Waals surface area contributed by atoms with E-state index in [0.29, 0.717) is 0 Å². The predicted molar refractivity (Wildman–Crippen MR) is 100 cm³/mol. The Bertz CT molecular complexity index is 678. The number of unbranched alkanes of at least 4 members (excludes halogenated alkanes) is 1. The number of nitrogens with zero attached hydrogens (tertiary/aromatic N) is 1. The average molecular weight is 396 g/mol. The van der Waals surface area contributed by atoms with Crippen LogP contribution in [0.5, 0.6) is 11.5 Å². The first kappa shape index (κ1) is 23.2. The van der Waals surface area contributed by atoms with Gasteiger partial charge >= 0.3 is 11.9 Å². The zero-order valence-corrected chi connectivity index (χ0v) is 16.9. The summed E-state index contributed by atoms with van der Waals surface area (Å²) in [5.74, 6) is -1.50. The third kappa shape index (κ3) is 7.42. The molecule has 28 heavy (non-hydrogen) atoms. The van der Waals surface area contributed by atoms with Gasteiger partial charge in [0, 0.05) is 19.2 Å². The number of rotatable bonds is 11. The SMILES string of the molecule is CCCC[C@H](C)OC(=O)[C@@H](C)NC(=O)c1nccc(OC)c1OCOC(C)=O.